The number of carbonyl (C=O) groups is 1. The first-order valence-electron chi connectivity index (χ1n) is 8.22. The van der Waals surface area contributed by atoms with E-state index in [-0.39, 0.29) is 5.92 Å². The summed E-state index contributed by atoms with van der Waals surface area (Å²) in [4.78, 5) is 11.0. The van der Waals surface area contributed by atoms with Crippen LogP contribution in [0.15, 0.2) is 18.2 Å². The molecule has 0 aliphatic heterocycles. The van der Waals surface area contributed by atoms with Crippen LogP contribution in [0, 0.1) is 12.8 Å². The maximum absolute atomic E-state index is 11.0. The lowest BCUT2D eigenvalue weighted by Crippen LogP contribution is -2.38. The average Bonchev–Trinajstić information content (AvgIpc) is 2.48. The van der Waals surface area contributed by atoms with Crippen molar-refractivity contribution in [2.24, 2.45) is 5.92 Å². The van der Waals surface area contributed by atoms with E-state index in [1.807, 2.05) is 0 Å². The van der Waals surface area contributed by atoms with E-state index in [4.69, 9.17) is 5.11 Å². The fraction of sp³-hybridized carbons (Fsp3) is 0.611. The van der Waals surface area contributed by atoms with Crippen molar-refractivity contribution in [2.45, 2.75) is 64.0 Å². The van der Waals surface area contributed by atoms with E-state index >= 15 is 0 Å². The highest BCUT2D eigenvalue weighted by Gasteiger charge is 2.28. The van der Waals surface area contributed by atoms with Crippen LogP contribution >= 0.6 is 0 Å². The minimum absolute atomic E-state index is 0.121. The van der Waals surface area contributed by atoms with E-state index < -0.39 is 5.97 Å². The van der Waals surface area contributed by atoms with Crippen LogP contribution in [0.25, 0.3) is 0 Å². The standard InChI is InChI=1S/C18H25NO2/c1-12-5-6-13-3-2-4-17(16(13)11-12)19-15-9-7-14(8-10-15)18(20)21/h5-6,11,14-15,17,19H,2-4,7-10H2,1H3,(H,20,21)/t14?,15?,17-/m0/s1. The molecule has 0 bridgehead atoms. The van der Waals surface area contributed by atoms with Gasteiger partial charge in [-0.25, -0.2) is 0 Å². The molecule has 0 unspecified atom stereocenters. The first-order valence-corrected chi connectivity index (χ1v) is 8.22. The summed E-state index contributed by atoms with van der Waals surface area (Å²) < 4.78 is 0. The van der Waals surface area contributed by atoms with E-state index in [0.29, 0.717) is 12.1 Å². The monoisotopic (exact) mass is 287 g/mol. The molecule has 0 aromatic heterocycles. The predicted octanol–water partition coefficient (Wildman–Crippen LogP) is 3.61. The molecule has 114 valence electrons. The third-order valence-electron chi connectivity index (χ3n) is 5.13. The summed E-state index contributed by atoms with van der Waals surface area (Å²) in [5.74, 6) is -0.740. The van der Waals surface area contributed by atoms with Gasteiger partial charge in [0.05, 0.1) is 5.92 Å². The predicted molar refractivity (Wildman–Crippen MR) is 83.4 cm³/mol. The van der Waals surface area contributed by atoms with Crippen LogP contribution < -0.4 is 5.32 Å². The maximum atomic E-state index is 11.0. The summed E-state index contributed by atoms with van der Waals surface area (Å²) in [6.45, 7) is 2.16. The van der Waals surface area contributed by atoms with Crippen LogP contribution in [-0.2, 0) is 11.2 Å². The molecule has 21 heavy (non-hydrogen) atoms. The second-order valence-electron chi connectivity index (χ2n) is 6.70. The summed E-state index contributed by atoms with van der Waals surface area (Å²) in [6, 6.07) is 7.76. The van der Waals surface area contributed by atoms with Gasteiger partial charge in [-0.15, -0.1) is 0 Å². The largest absolute Gasteiger partial charge is 0.481 e. The molecular weight excluding hydrogens is 262 g/mol. The molecule has 1 aromatic carbocycles. The lowest BCUT2D eigenvalue weighted by Gasteiger charge is -2.34. The number of rotatable bonds is 3. The molecular formula is C18H25NO2. The molecule has 1 saturated carbocycles. The number of hydrogen-bond acceptors (Lipinski definition) is 2. The van der Waals surface area contributed by atoms with Crippen molar-refractivity contribution in [3.63, 3.8) is 0 Å². The number of nitrogens with one attached hydrogen (secondary N) is 1. The van der Waals surface area contributed by atoms with Gasteiger partial charge >= 0.3 is 5.97 Å². The minimum Gasteiger partial charge on any atom is -0.481 e. The number of aryl methyl sites for hydroxylation is 2. The first kappa shape index (κ1) is 14.6. The van der Waals surface area contributed by atoms with E-state index in [2.05, 4.69) is 30.4 Å². The van der Waals surface area contributed by atoms with E-state index in [1.165, 1.54) is 36.0 Å². The van der Waals surface area contributed by atoms with Gasteiger partial charge in [-0.3, -0.25) is 4.79 Å². The Morgan fingerprint density at radius 2 is 1.95 bits per heavy atom. The third-order valence-corrected chi connectivity index (χ3v) is 5.13. The molecule has 0 heterocycles. The van der Waals surface area contributed by atoms with Gasteiger partial charge in [-0.2, -0.15) is 0 Å². The quantitative estimate of drug-likeness (QED) is 0.893. The molecule has 0 amide bonds. The summed E-state index contributed by atoms with van der Waals surface area (Å²) in [5.41, 5.74) is 4.29. The fourth-order valence-electron chi connectivity index (χ4n) is 3.88. The van der Waals surface area contributed by atoms with E-state index in [1.54, 1.807) is 0 Å². The highest BCUT2D eigenvalue weighted by atomic mass is 16.4. The molecule has 3 nitrogen and oxygen atoms in total. The molecule has 3 heteroatoms. The Balaban J connectivity index is 1.65. The maximum Gasteiger partial charge on any atom is 0.306 e. The zero-order valence-electron chi connectivity index (χ0n) is 12.8. The Morgan fingerprint density at radius 1 is 1.19 bits per heavy atom. The van der Waals surface area contributed by atoms with E-state index in [9.17, 15) is 4.79 Å². The van der Waals surface area contributed by atoms with Crippen LogP contribution in [-0.4, -0.2) is 17.1 Å². The number of benzene rings is 1. The lowest BCUT2D eigenvalue weighted by molar-refractivity contribution is -0.142. The smallest absolute Gasteiger partial charge is 0.306 e. The van der Waals surface area contributed by atoms with Crippen LogP contribution in [0.4, 0.5) is 0 Å². The number of hydrogen-bond donors (Lipinski definition) is 2. The second kappa shape index (κ2) is 6.18. The van der Waals surface area contributed by atoms with Crippen LogP contribution in [0.2, 0.25) is 0 Å². The van der Waals surface area contributed by atoms with Gasteiger partial charge < -0.3 is 10.4 Å². The van der Waals surface area contributed by atoms with Crippen LogP contribution in [0.5, 0.6) is 0 Å². The summed E-state index contributed by atoms with van der Waals surface area (Å²) >= 11 is 0. The third kappa shape index (κ3) is 3.29. The van der Waals surface area contributed by atoms with Crippen molar-refractivity contribution in [1.82, 2.24) is 5.32 Å². The molecule has 0 spiro atoms. The summed E-state index contributed by atoms with van der Waals surface area (Å²) in [5, 5.41) is 12.9. The Morgan fingerprint density at radius 3 is 2.67 bits per heavy atom. The van der Waals surface area contributed by atoms with Crippen molar-refractivity contribution in [3.05, 3.63) is 34.9 Å². The van der Waals surface area contributed by atoms with Crippen LogP contribution in [0.3, 0.4) is 0 Å². The van der Waals surface area contributed by atoms with Crippen molar-refractivity contribution < 1.29 is 9.90 Å². The molecule has 1 aromatic rings. The fourth-order valence-corrected chi connectivity index (χ4v) is 3.88. The van der Waals surface area contributed by atoms with Crippen molar-refractivity contribution in [2.75, 3.05) is 0 Å². The average molecular weight is 287 g/mol. The van der Waals surface area contributed by atoms with E-state index in [0.717, 1.165) is 25.7 Å². The van der Waals surface area contributed by atoms with Crippen LogP contribution in [0.1, 0.15) is 61.3 Å². The number of fused-ring (bicyclic) bond motifs is 1. The van der Waals surface area contributed by atoms with Gasteiger partial charge in [0.2, 0.25) is 0 Å². The van der Waals surface area contributed by atoms with Gasteiger partial charge in [0.25, 0.3) is 0 Å². The van der Waals surface area contributed by atoms with Crippen molar-refractivity contribution in [1.29, 1.82) is 0 Å². The Labute approximate surface area is 126 Å². The van der Waals surface area contributed by atoms with Gasteiger partial charge in [-0.05, 0) is 63.0 Å². The Kier molecular flexibility index (Phi) is 4.29. The second-order valence-corrected chi connectivity index (χ2v) is 6.70. The summed E-state index contributed by atoms with van der Waals surface area (Å²) in [7, 11) is 0. The number of carboxylic acids is 1. The Hall–Kier alpha value is -1.35. The minimum atomic E-state index is -0.618. The van der Waals surface area contributed by atoms with Crippen molar-refractivity contribution >= 4 is 5.97 Å². The zero-order chi connectivity index (χ0) is 14.8. The molecule has 2 aliphatic carbocycles. The normalized spacial score (nSPS) is 28.9. The highest BCUT2D eigenvalue weighted by molar-refractivity contribution is 5.70. The first-order chi connectivity index (χ1) is 10.1. The lowest BCUT2D eigenvalue weighted by atomic mass is 9.83. The molecule has 1 atom stereocenters. The topological polar surface area (TPSA) is 49.3 Å². The molecule has 0 radical (unpaired) electrons. The van der Waals surface area contributed by atoms with Gasteiger partial charge in [0.1, 0.15) is 0 Å². The molecule has 1 fully saturated rings. The van der Waals surface area contributed by atoms with Gasteiger partial charge in [0.15, 0.2) is 0 Å². The summed E-state index contributed by atoms with van der Waals surface area (Å²) in [6.07, 6.45) is 7.27. The molecule has 2 N–H and O–H groups in total. The van der Waals surface area contributed by atoms with Crippen molar-refractivity contribution in [3.8, 4) is 0 Å². The molecule has 2 aliphatic rings. The highest BCUT2D eigenvalue weighted by Crippen LogP contribution is 2.33. The Bertz CT molecular complexity index is 518. The SMILES string of the molecule is Cc1ccc2c(c1)[C@@H](NC1CCC(C(=O)O)CC1)CCC2. The molecule has 3 rings (SSSR count). The molecule has 0 saturated heterocycles. The zero-order valence-corrected chi connectivity index (χ0v) is 12.8. The number of carboxylic acid groups (broad SMARTS) is 1. The van der Waals surface area contributed by atoms with Gasteiger partial charge in [-0.1, -0.05) is 23.8 Å². The number of aliphatic carboxylic acids is 1. The van der Waals surface area contributed by atoms with Gasteiger partial charge in [0, 0.05) is 12.1 Å².